The highest BCUT2D eigenvalue weighted by Crippen LogP contribution is 2.33. The van der Waals surface area contributed by atoms with Crippen LogP contribution in [0.4, 0.5) is 0 Å². The first-order chi connectivity index (χ1) is 14.4. The second kappa shape index (κ2) is 12.3. The quantitative estimate of drug-likeness (QED) is 0.345. The molecular formula is C25H39NO4. The second-order valence-corrected chi connectivity index (χ2v) is 9.07. The van der Waals surface area contributed by atoms with Gasteiger partial charge >= 0.3 is 0 Å². The molecule has 1 aliphatic rings. The minimum Gasteiger partial charge on any atom is -0.508 e. The van der Waals surface area contributed by atoms with Crippen molar-refractivity contribution < 1.29 is 20.1 Å². The fourth-order valence-electron chi connectivity index (χ4n) is 3.76. The Kier molecular flexibility index (Phi) is 10.1. The Balaban J connectivity index is 1.60. The third-order valence-electron chi connectivity index (χ3n) is 5.92. The van der Waals surface area contributed by atoms with E-state index in [-0.39, 0.29) is 24.5 Å². The molecule has 30 heavy (non-hydrogen) atoms. The Morgan fingerprint density at radius 1 is 1.07 bits per heavy atom. The molecule has 1 unspecified atom stereocenters. The first-order valence-electron chi connectivity index (χ1n) is 11.1. The van der Waals surface area contributed by atoms with Crippen molar-refractivity contribution in [3.8, 4) is 0 Å². The molecule has 5 nitrogen and oxygen atoms in total. The van der Waals surface area contributed by atoms with Gasteiger partial charge in [-0.2, -0.15) is 0 Å². The van der Waals surface area contributed by atoms with Gasteiger partial charge in [0, 0.05) is 24.1 Å². The molecule has 1 aliphatic carbocycles. The van der Waals surface area contributed by atoms with Gasteiger partial charge in [0.1, 0.15) is 5.76 Å². The monoisotopic (exact) mass is 417 g/mol. The Hall–Kier alpha value is -1.66. The topological polar surface area (TPSA) is 82.0 Å². The van der Waals surface area contributed by atoms with Crippen LogP contribution in [-0.4, -0.2) is 53.8 Å². The van der Waals surface area contributed by atoms with Gasteiger partial charge in [0.25, 0.3) is 0 Å². The molecule has 168 valence electrons. The van der Waals surface area contributed by atoms with Gasteiger partial charge < -0.3 is 25.4 Å². The molecule has 4 N–H and O–H groups in total. The van der Waals surface area contributed by atoms with Crippen LogP contribution in [0.15, 0.2) is 53.8 Å². The molecule has 0 bridgehead atoms. The second-order valence-electron chi connectivity index (χ2n) is 9.07. The van der Waals surface area contributed by atoms with Gasteiger partial charge in [-0.3, -0.25) is 0 Å². The lowest BCUT2D eigenvalue weighted by Crippen LogP contribution is -2.47. The Bertz CT molecular complexity index is 684. The van der Waals surface area contributed by atoms with Crippen LogP contribution in [0.1, 0.15) is 51.5 Å². The van der Waals surface area contributed by atoms with Crippen LogP contribution in [0.5, 0.6) is 0 Å². The summed E-state index contributed by atoms with van der Waals surface area (Å²) in [6, 6.07) is 10.4. The van der Waals surface area contributed by atoms with Gasteiger partial charge in [0.15, 0.2) is 0 Å². The molecule has 0 saturated heterocycles. The van der Waals surface area contributed by atoms with E-state index in [9.17, 15) is 15.3 Å². The molecule has 0 radical (unpaired) electrons. The number of allylic oxidation sites excluding steroid dienone is 1. The van der Waals surface area contributed by atoms with E-state index >= 15 is 0 Å². The van der Waals surface area contributed by atoms with Crippen LogP contribution in [0.2, 0.25) is 0 Å². The minimum atomic E-state index is -0.478. The fraction of sp³-hybridized carbons (Fsp3) is 0.600. The average Bonchev–Trinajstić information content (AvgIpc) is 2.76. The summed E-state index contributed by atoms with van der Waals surface area (Å²) in [5, 5.41) is 32.8. The first-order valence-corrected chi connectivity index (χ1v) is 11.1. The van der Waals surface area contributed by atoms with Crippen LogP contribution in [0.25, 0.3) is 0 Å². The summed E-state index contributed by atoms with van der Waals surface area (Å²) in [6.45, 7) is 6.33. The van der Waals surface area contributed by atoms with E-state index in [1.807, 2.05) is 12.1 Å². The zero-order chi connectivity index (χ0) is 21.9. The molecule has 1 aromatic rings. The van der Waals surface area contributed by atoms with Crippen molar-refractivity contribution in [1.82, 2.24) is 5.32 Å². The van der Waals surface area contributed by atoms with Crippen LogP contribution in [0.3, 0.4) is 0 Å². The zero-order valence-corrected chi connectivity index (χ0v) is 18.6. The maximum Gasteiger partial charge on any atom is 0.116 e. The summed E-state index contributed by atoms with van der Waals surface area (Å²) < 4.78 is 5.76. The standard InChI is InChI=1S/C25H39NO4/c1-24(2,26-19-25(20-28)14-11-23(29)22(17-25)18-27)13-7-4-8-15-30-16-12-21-9-5-3-6-10-21/h3,5-6,9-11,14,26-29H,4,7-8,12-13,15-20H2,1-2H3. The third kappa shape index (κ3) is 8.23. The predicted molar refractivity (Wildman–Crippen MR) is 122 cm³/mol. The van der Waals surface area contributed by atoms with E-state index in [1.54, 1.807) is 6.08 Å². The Morgan fingerprint density at radius 3 is 2.53 bits per heavy atom. The molecule has 2 rings (SSSR count). The molecule has 0 aromatic heterocycles. The molecular weight excluding hydrogens is 378 g/mol. The summed E-state index contributed by atoms with van der Waals surface area (Å²) in [7, 11) is 0. The van der Waals surface area contributed by atoms with E-state index in [2.05, 4.69) is 43.4 Å². The number of benzene rings is 1. The van der Waals surface area contributed by atoms with Crippen molar-refractivity contribution >= 4 is 0 Å². The highest BCUT2D eigenvalue weighted by Gasteiger charge is 2.33. The number of aliphatic hydroxyl groups excluding tert-OH is 3. The number of hydrogen-bond donors (Lipinski definition) is 4. The van der Waals surface area contributed by atoms with Crippen molar-refractivity contribution in [2.45, 2.75) is 57.9 Å². The SMILES string of the molecule is CC(C)(CCCCCOCCc1ccccc1)NCC1(CO)C=CC(O)=C(CO)C1. The lowest BCUT2D eigenvalue weighted by Gasteiger charge is -2.37. The van der Waals surface area contributed by atoms with Gasteiger partial charge in [0.05, 0.1) is 19.8 Å². The van der Waals surface area contributed by atoms with Crippen molar-refractivity contribution in [3.63, 3.8) is 0 Å². The van der Waals surface area contributed by atoms with Crippen LogP contribution >= 0.6 is 0 Å². The van der Waals surface area contributed by atoms with E-state index in [1.165, 1.54) is 5.56 Å². The molecule has 0 saturated carbocycles. The molecule has 0 spiro atoms. The number of rotatable bonds is 14. The highest BCUT2D eigenvalue weighted by atomic mass is 16.5. The number of hydrogen-bond acceptors (Lipinski definition) is 5. The molecule has 5 heteroatoms. The summed E-state index contributed by atoms with van der Waals surface area (Å²) in [5.74, 6) is 0.117. The number of ether oxygens (including phenoxy) is 1. The third-order valence-corrected chi connectivity index (χ3v) is 5.92. The molecule has 1 aromatic carbocycles. The normalized spacial score (nSPS) is 19.5. The lowest BCUT2D eigenvalue weighted by atomic mass is 9.77. The predicted octanol–water partition coefficient (Wildman–Crippen LogP) is 3.92. The molecule has 1 atom stereocenters. The average molecular weight is 418 g/mol. The molecule has 0 heterocycles. The summed E-state index contributed by atoms with van der Waals surface area (Å²) >= 11 is 0. The molecule has 0 amide bonds. The van der Waals surface area contributed by atoms with Gasteiger partial charge in [-0.25, -0.2) is 0 Å². The van der Waals surface area contributed by atoms with Gasteiger partial charge in [0.2, 0.25) is 0 Å². The van der Waals surface area contributed by atoms with Gasteiger partial charge in [-0.15, -0.1) is 0 Å². The van der Waals surface area contributed by atoms with Gasteiger partial charge in [-0.05, 0) is 56.7 Å². The van der Waals surface area contributed by atoms with E-state index in [0.29, 0.717) is 18.5 Å². The van der Waals surface area contributed by atoms with Gasteiger partial charge in [-0.1, -0.05) is 49.2 Å². The minimum absolute atomic E-state index is 0.0241. The zero-order valence-electron chi connectivity index (χ0n) is 18.6. The number of unbranched alkanes of at least 4 members (excludes halogenated alkanes) is 2. The first kappa shape index (κ1) is 24.6. The van der Waals surface area contributed by atoms with Crippen LogP contribution in [0, 0.1) is 5.41 Å². The maximum atomic E-state index is 9.94. The molecule has 0 fully saturated rings. The maximum absolute atomic E-state index is 9.94. The number of aliphatic hydroxyl groups is 3. The fourth-order valence-corrected chi connectivity index (χ4v) is 3.76. The van der Waals surface area contributed by atoms with Crippen molar-refractivity contribution in [2.75, 3.05) is 33.0 Å². The Labute approximate surface area is 181 Å². The van der Waals surface area contributed by atoms with Crippen molar-refractivity contribution in [2.24, 2.45) is 5.41 Å². The van der Waals surface area contributed by atoms with E-state index in [4.69, 9.17) is 4.74 Å². The van der Waals surface area contributed by atoms with E-state index < -0.39 is 5.41 Å². The highest BCUT2D eigenvalue weighted by molar-refractivity contribution is 5.29. The Morgan fingerprint density at radius 2 is 1.83 bits per heavy atom. The summed E-state index contributed by atoms with van der Waals surface area (Å²) in [4.78, 5) is 0. The summed E-state index contributed by atoms with van der Waals surface area (Å²) in [6.07, 6.45) is 9.23. The van der Waals surface area contributed by atoms with Crippen molar-refractivity contribution in [1.29, 1.82) is 0 Å². The smallest absolute Gasteiger partial charge is 0.116 e. The van der Waals surface area contributed by atoms with Crippen molar-refractivity contribution in [3.05, 3.63) is 59.4 Å². The molecule has 0 aliphatic heterocycles. The van der Waals surface area contributed by atoms with Crippen LogP contribution < -0.4 is 5.32 Å². The summed E-state index contributed by atoms with van der Waals surface area (Å²) in [5.41, 5.74) is 1.37. The van der Waals surface area contributed by atoms with E-state index in [0.717, 1.165) is 45.3 Å². The largest absolute Gasteiger partial charge is 0.508 e. The lowest BCUT2D eigenvalue weighted by molar-refractivity contribution is 0.131. The van der Waals surface area contributed by atoms with Crippen LogP contribution in [-0.2, 0) is 11.2 Å². The number of nitrogens with one attached hydrogen (secondary N) is 1.